The standard InChI is InChI=1S/C15H21FN2/c16-13-6-1-2-7-14(13)18-11-5-10-17-15(12-18)8-3-4-9-15/h1-2,6-7,17H,3-5,8-12H2. The van der Waals surface area contributed by atoms with E-state index in [1.165, 1.54) is 25.7 Å². The van der Waals surface area contributed by atoms with E-state index in [1.54, 1.807) is 12.1 Å². The lowest BCUT2D eigenvalue weighted by molar-refractivity contribution is 0.354. The van der Waals surface area contributed by atoms with Crippen molar-refractivity contribution in [2.75, 3.05) is 24.5 Å². The molecule has 3 rings (SSSR count). The Balaban J connectivity index is 1.85. The second-order valence-corrected chi connectivity index (χ2v) is 5.64. The van der Waals surface area contributed by atoms with Crippen molar-refractivity contribution in [3.05, 3.63) is 30.1 Å². The van der Waals surface area contributed by atoms with E-state index in [2.05, 4.69) is 10.2 Å². The highest BCUT2D eigenvalue weighted by atomic mass is 19.1. The highest BCUT2D eigenvalue weighted by Crippen LogP contribution is 2.33. The van der Waals surface area contributed by atoms with Crippen molar-refractivity contribution in [1.29, 1.82) is 0 Å². The molecule has 18 heavy (non-hydrogen) atoms. The number of nitrogens with zero attached hydrogens (tertiary/aromatic N) is 1. The van der Waals surface area contributed by atoms with Crippen LogP contribution < -0.4 is 10.2 Å². The second kappa shape index (κ2) is 4.88. The molecule has 2 nitrogen and oxygen atoms in total. The minimum Gasteiger partial charge on any atom is -0.367 e. The molecule has 1 saturated heterocycles. The lowest BCUT2D eigenvalue weighted by Gasteiger charge is -2.34. The minimum atomic E-state index is -0.0902. The molecule has 98 valence electrons. The van der Waals surface area contributed by atoms with Gasteiger partial charge < -0.3 is 10.2 Å². The van der Waals surface area contributed by atoms with Gasteiger partial charge in [0.1, 0.15) is 5.82 Å². The summed E-state index contributed by atoms with van der Waals surface area (Å²) in [7, 11) is 0. The van der Waals surface area contributed by atoms with Crippen molar-refractivity contribution in [3.8, 4) is 0 Å². The molecule has 1 aromatic carbocycles. The zero-order chi connectivity index (χ0) is 12.4. The van der Waals surface area contributed by atoms with Crippen molar-refractivity contribution in [2.45, 2.75) is 37.6 Å². The molecule has 0 unspecified atom stereocenters. The Kier molecular flexibility index (Phi) is 3.25. The normalized spacial score (nSPS) is 23.3. The topological polar surface area (TPSA) is 15.3 Å². The summed E-state index contributed by atoms with van der Waals surface area (Å²) in [5.41, 5.74) is 1.01. The maximum absolute atomic E-state index is 13.9. The Labute approximate surface area is 108 Å². The van der Waals surface area contributed by atoms with Gasteiger partial charge in [-0.2, -0.15) is 0 Å². The van der Waals surface area contributed by atoms with E-state index in [4.69, 9.17) is 0 Å². The van der Waals surface area contributed by atoms with Crippen molar-refractivity contribution in [2.24, 2.45) is 0 Å². The molecule has 0 atom stereocenters. The first kappa shape index (κ1) is 12.0. The van der Waals surface area contributed by atoms with E-state index in [-0.39, 0.29) is 11.4 Å². The van der Waals surface area contributed by atoms with Gasteiger partial charge in [0.05, 0.1) is 5.69 Å². The van der Waals surface area contributed by atoms with Gasteiger partial charge in [-0.05, 0) is 37.9 Å². The van der Waals surface area contributed by atoms with E-state index >= 15 is 0 Å². The Morgan fingerprint density at radius 3 is 2.67 bits per heavy atom. The van der Waals surface area contributed by atoms with Crippen LogP contribution >= 0.6 is 0 Å². The van der Waals surface area contributed by atoms with Gasteiger partial charge in [0.2, 0.25) is 0 Å². The van der Waals surface area contributed by atoms with Crippen LogP contribution in [0.3, 0.4) is 0 Å². The van der Waals surface area contributed by atoms with Gasteiger partial charge in [-0.25, -0.2) is 4.39 Å². The Morgan fingerprint density at radius 1 is 1.11 bits per heavy atom. The van der Waals surface area contributed by atoms with E-state index in [1.807, 2.05) is 12.1 Å². The third kappa shape index (κ3) is 2.24. The third-order valence-corrected chi connectivity index (χ3v) is 4.35. The Hall–Kier alpha value is -1.09. The molecule has 2 aliphatic rings. The molecule has 0 radical (unpaired) electrons. The first-order valence-corrected chi connectivity index (χ1v) is 7.04. The average molecular weight is 248 g/mol. The second-order valence-electron chi connectivity index (χ2n) is 5.64. The molecule has 1 spiro atoms. The highest BCUT2D eigenvalue weighted by molar-refractivity contribution is 5.48. The predicted octanol–water partition coefficient (Wildman–Crippen LogP) is 2.94. The smallest absolute Gasteiger partial charge is 0.146 e. The molecule has 0 amide bonds. The maximum atomic E-state index is 13.9. The fourth-order valence-corrected chi connectivity index (χ4v) is 3.42. The lowest BCUT2D eigenvalue weighted by atomic mass is 9.97. The number of anilines is 1. The van der Waals surface area contributed by atoms with Crippen LogP contribution in [-0.2, 0) is 0 Å². The molecule has 1 heterocycles. The number of para-hydroxylation sites is 1. The van der Waals surface area contributed by atoms with Gasteiger partial charge >= 0.3 is 0 Å². The van der Waals surface area contributed by atoms with Crippen LogP contribution in [0.4, 0.5) is 10.1 Å². The fraction of sp³-hybridized carbons (Fsp3) is 0.600. The largest absolute Gasteiger partial charge is 0.367 e. The monoisotopic (exact) mass is 248 g/mol. The molecule has 1 aliphatic heterocycles. The van der Waals surface area contributed by atoms with Gasteiger partial charge in [-0.3, -0.25) is 0 Å². The summed E-state index contributed by atoms with van der Waals surface area (Å²) in [6.45, 7) is 2.97. The molecule has 3 heteroatoms. The Morgan fingerprint density at radius 2 is 1.89 bits per heavy atom. The SMILES string of the molecule is Fc1ccccc1N1CCCNC2(CCCC2)C1. The van der Waals surface area contributed by atoms with E-state index in [9.17, 15) is 4.39 Å². The van der Waals surface area contributed by atoms with Crippen molar-refractivity contribution in [3.63, 3.8) is 0 Å². The Bertz CT molecular complexity index is 413. The van der Waals surface area contributed by atoms with Gasteiger partial charge in [0, 0.05) is 18.6 Å². The van der Waals surface area contributed by atoms with E-state index < -0.39 is 0 Å². The lowest BCUT2D eigenvalue weighted by Crippen LogP contribution is -2.49. The number of rotatable bonds is 1. The van der Waals surface area contributed by atoms with Crippen molar-refractivity contribution in [1.82, 2.24) is 5.32 Å². The van der Waals surface area contributed by atoms with Crippen LogP contribution in [0, 0.1) is 5.82 Å². The summed E-state index contributed by atoms with van der Waals surface area (Å²) in [4.78, 5) is 2.24. The van der Waals surface area contributed by atoms with E-state index in [0.717, 1.165) is 31.7 Å². The van der Waals surface area contributed by atoms with Crippen molar-refractivity contribution >= 4 is 5.69 Å². The first-order chi connectivity index (χ1) is 8.79. The van der Waals surface area contributed by atoms with Crippen LogP contribution in [0.25, 0.3) is 0 Å². The zero-order valence-corrected chi connectivity index (χ0v) is 10.8. The average Bonchev–Trinajstić information content (AvgIpc) is 2.72. The van der Waals surface area contributed by atoms with Crippen LogP contribution in [0.15, 0.2) is 24.3 Å². The number of halogens is 1. The molecule has 1 aromatic rings. The molecule has 1 saturated carbocycles. The summed E-state index contributed by atoms with van der Waals surface area (Å²) in [6.07, 6.45) is 6.17. The molecule has 1 N–H and O–H groups in total. The highest BCUT2D eigenvalue weighted by Gasteiger charge is 2.36. The summed E-state index contributed by atoms with van der Waals surface area (Å²) >= 11 is 0. The first-order valence-electron chi connectivity index (χ1n) is 7.04. The molecule has 0 bridgehead atoms. The number of hydrogen-bond acceptors (Lipinski definition) is 2. The molecular formula is C15H21FN2. The summed E-state index contributed by atoms with van der Waals surface area (Å²) < 4.78 is 13.9. The summed E-state index contributed by atoms with van der Waals surface area (Å²) in [5, 5.41) is 3.71. The van der Waals surface area contributed by atoms with Crippen LogP contribution in [-0.4, -0.2) is 25.2 Å². The molecule has 0 aromatic heterocycles. The van der Waals surface area contributed by atoms with Crippen molar-refractivity contribution < 1.29 is 4.39 Å². The van der Waals surface area contributed by atoms with Crippen LogP contribution in [0.2, 0.25) is 0 Å². The summed E-state index contributed by atoms with van der Waals surface area (Å²) in [6, 6.07) is 7.16. The molecular weight excluding hydrogens is 227 g/mol. The number of benzene rings is 1. The molecule has 1 aliphatic carbocycles. The van der Waals surface area contributed by atoms with Gasteiger partial charge in [-0.1, -0.05) is 25.0 Å². The van der Waals surface area contributed by atoms with Crippen LogP contribution in [0.5, 0.6) is 0 Å². The minimum absolute atomic E-state index is 0.0902. The number of hydrogen-bond donors (Lipinski definition) is 1. The number of nitrogens with one attached hydrogen (secondary N) is 1. The predicted molar refractivity (Wildman–Crippen MR) is 72.4 cm³/mol. The fourth-order valence-electron chi connectivity index (χ4n) is 3.42. The zero-order valence-electron chi connectivity index (χ0n) is 10.8. The van der Waals surface area contributed by atoms with Gasteiger partial charge in [-0.15, -0.1) is 0 Å². The maximum Gasteiger partial charge on any atom is 0.146 e. The summed E-state index contributed by atoms with van der Waals surface area (Å²) in [5.74, 6) is -0.0902. The molecule has 2 fully saturated rings. The van der Waals surface area contributed by atoms with Crippen LogP contribution in [0.1, 0.15) is 32.1 Å². The van der Waals surface area contributed by atoms with E-state index in [0.29, 0.717) is 0 Å². The third-order valence-electron chi connectivity index (χ3n) is 4.35. The van der Waals surface area contributed by atoms with Gasteiger partial charge in [0.25, 0.3) is 0 Å². The quantitative estimate of drug-likeness (QED) is 0.822. The van der Waals surface area contributed by atoms with Gasteiger partial charge in [0.15, 0.2) is 0 Å².